The van der Waals surface area contributed by atoms with Gasteiger partial charge in [0, 0.05) is 75.0 Å². The number of nitrogens with zero attached hydrogens (tertiary/aromatic N) is 5. The van der Waals surface area contributed by atoms with Crippen molar-refractivity contribution >= 4 is 51.1 Å². The number of fused-ring (bicyclic) bond motifs is 4. The van der Waals surface area contributed by atoms with Gasteiger partial charge < -0.3 is 23.7 Å². The van der Waals surface area contributed by atoms with Crippen LogP contribution in [0.3, 0.4) is 0 Å². The van der Waals surface area contributed by atoms with Gasteiger partial charge in [-0.25, -0.2) is 0 Å². The quantitative estimate of drug-likeness (QED) is 0.179. The van der Waals surface area contributed by atoms with Crippen LogP contribution < -0.4 is 15.0 Å². The first-order chi connectivity index (χ1) is 23.4. The summed E-state index contributed by atoms with van der Waals surface area (Å²) in [6, 6.07) is 12.4. The number of rotatable bonds is 12. The molecule has 0 aliphatic carbocycles. The number of carbonyl (C=O) groups is 4. The first-order valence-corrected chi connectivity index (χ1v) is 16.3. The highest BCUT2D eigenvalue weighted by molar-refractivity contribution is 6.23. The van der Waals surface area contributed by atoms with Gasteiger partial charge in [0.25, 0.3) is 11.8 Å². The zero-order valence-electron chi connectivity index (χ0n) is 26.9. The number of ether oxygens (including phenoxy) is 3. The molecule has 0 saturated carbocycles. The van der Waals surface area contributed by atoms with E-state index in [1.807, 2.05) is 12.4 Å². The molecule has 1 unspecified atom stereocenters. The highest BCUT2D eigenvalue weighted by Gasteiger charge is 2.44. The first kappa shape index (κ1) is 31.7. The number of aryl methyl sites for hydroxylation is 1. The van der Waals surface area contributed by atoms with Crippen LogP contribution in [0.2, 0.25) is 0 Å². The van der Waals surface area contributed by atoms with Crippen molar-refractivity contribution in [3.63, 3.8) is 0 Å². The molecule has 2 aromatic heterocycles. The van der Waals surface area contributed by atoms with Crippen molar-refractivity contribution < 1.29 is 33.4 Å². The van der Waals surface area contributed by atoms with E-state index >= 15 is 0 Å². The number of anilines is 1. The van der Waals surface area contributed by atoms with E-state index in [0.29, 0.717) is 32.2 Å². The van der Waals surface area contributed by atoms with Gasteiger partial charge in [-0.1, -0.05) is 6.07 Å². The van der Waals surface area contributed by atoms with Crippen molar-refractivity contribution in [2.75, 3.05) is 70.7 Å². The molecule has 7 rings (SSSR count). The van der Waals surface area contributed by atoms with Crippen LogP contribution in [0.1, 0.15) is 33.6 Å². The number of aromatic nitrogens is 2. The Hall–Kier alpha value is -4.85. The van der Waals surface area contributed by atoms with E-state index in [1.54, 1.807) is 6.07 Å². The van der Waals surface area contributed by atoms with Crippen molar-refractivity contribution in [1.82, 2.24) is 24.7 Å². The number of nitrogens with one attached hydrogen (secondary N) is 1. The third-order valence-corrected chi connectivity index (χ3v) is 9.36. The maximum absolute atomic E-state index is 13.0. The van der Waals surface area contributed by atoms with E-state index < -0.39 is 29.7 Å². The average molecular weight is 655 g/mol. The molecule has 48 heavy (non-hydrogen) atoms. The molecule has 5 heterocycles. The van der Waals surface area contributed by atoms with E-state index in [4.69, 9.17) is 14.2 Å². The molecule has 3 aliphatic heterocycles. The van der Waals surface area contributed by atoms with Crippen molar-refractivity contribution in [2.45, 2.75) is 18.9 Å². The summed E-state index contributed by atoms with van der Waals surface area (Å²) in [6.45, 7) is 6.89. The minimum absolute atomic E-state index is 0.0742. The summed E-state index contributed by atoms with van der Waals surface area (Å²) < 4.78 is 19.4. The molecule has 2 saturated heterocycles. The van der Waals surface area contributed by atoms with Gasteiger partial charge in [-0.3, -0.25) is 39.3 Å². The third kappa shape index (κ3) is 6.23. The van der Waals surface area contributed by atoms with Gasteiger partial charge in [0.05, 0.1) is 48.6 Å². The summed E-state index contributed by atoms with van der Waals surface area (Å²) in [5.74, 6) is -1.74. The van der Waals surface area contributed by atoms with Crippen molar-refractivity contribution in [2.24, 2.45) is 7.05 Å². The van der Waals surface area contributed by atoms with E-state index in [9.17, 15) is 19.2 Å². The fourth-order valence-corrected chi connectivity index (χ4v) is 6.74. The second-order valence-electron chi connectivity index (χ2n) is 12.2. The number of hydrogen-bond donors (Lipinski definition) is 1. The lowest BCUT2D eigenvalue weighted by molar-refractivity contribution is -0.136. The number of benzene rings is 2. The summed E-state index contributed by atoms with van der Waals surface area (Å²) >= 11 is 0. The Labute approximate surface area is 277 Å². The minimum Gasteiger partial charge on any atom is -0.491 e. The molecular formula is C35H38N6O7. The number of piperazine rings is 1. The molecule has 2 aromatic carbocycles. The molecule has 3 aliphatic rings. The maximum Gasteiger partial charge on any atom is 0.262 e. The Bertz CT molecular complexity index is 1880. The summed E-state index contributed by atoms with van der Waals surface area (Å²) in [6.07, 6.45) is 3.96. The Morgan fingerprint density at radius 1 is 0.812 bits per heavy atom. The first-order valence-electron chi connectivity index (χ1n) is 16.3. The summed E-state index contributed by atoms with van der Waals surface area (Å²) in [4.78, 5) is 59.6. The number of carbonyl (C=O) groups excluding carboxylic acids is 4. The van der Waals surface area contributed by atoms with Gasteiger partial charge in [-0.2, -0.15) is 0 Å². The number of piperidine rings is 1. The second kappa shape index (κ2) is 13.7. The van der Waals surface area contributed by atoms with Crippen molar-refractivity contribution in [1.29, 1.82) is 0 Å². The van der Waals surface area contributed by atoms with Crippen LogP contribution >= 0.6 is 0 Å². The van der Waals surface area contributed by atoms with Crippen LogP contribution in [-0.2, 0) is 26.1 Å². The molecule has 0 spiro atoms. The fraction of sp³-hybridized carbons (Fsp3) is 0.400. The molecule has 1 N–H and O–H groups in total. The van der Waals surface area contributed by atoms with Crippen molar-refractivity contribution in [3.8, 4) is 5.75 Å². The van der Waals surface area contributed by atoms with Gasteiger partial charge in [0.1, 0.15) is 18.4 Å². The average Bonchev–Trinajstić information content (AvgIpc) is 3.52. The molecule has 4 amide bonds. The largest absolute Gasteiger partial charge is 0.491 e. The van der Waals surface area contributed by atoms with Gasteiger partial charge >= 0.3 is 0 Å². The van der Waals surface area contributed by atoms with Gasteiger partial charge in [-0.15, -0.1) is 0 Å². The Balaban J connectivity index is 0.777. The predicted molar refractivity (Wildman–Crippen MR) is 177 cm³/mol. The molecule has 2 fully saturated rings. The molecule has 13 nitrogen and oxygen atoms in total. The van der Waals surface area contributed by atoms with E-state index in [0.717, 1.165) is 37.6 Å². The maximum atomic E-state index is 13.0. The van der Waals surface area contributed by atoms with E-state index in [-0.39, 0.29) is 30.6 Å². The molecule has 0 radical (unpaired) electrons. The molecule has 0 bridgehead atoms. The summed E-state index contributed by atoms with van der Waals surface area (Å²) in [5.41, 5.74) is 4.05. The van der Waals surface area contributed by atoms with Crippen LogP contribution in [0.15, 0.2) is 54.9 Å². The third-order valence-electron chi connectivity index (χ3n) is 9.36. The monoisotopic (exact) mass is 654 g/mol. The SMILES string of the molecule is Cn1c2ccncc2c2ccc(N3CCN(CCOCCOCCOc4ccc5c(c4)C(=O)N(C4CCC(=O)NC4=O)C5=O)CC3)cc21. The smallest absolute Gasteiger partial charge is 0.262 e. The second-order valence-corrected chi connectivity index (χ2v) is 12.2. The highest BCUT2D eigenvalue weighted by Crippen LogP contribution is 2.32. The van der Waals surface area contributed by atoms with Crippen LogP contribution in [0, 0.1) is 0 Å². The zero-order valence-corrected chi connectivity index (χ0v) is 26.9. The molecular weight excluding hydrogens is 616 g/mol. The normalized spacial score (nSPS) is 18.6. The fourth-order valence-electron chi connectivity index (χ4n) is 6.74. The molecule has 1 atom stereocenters. The Morgan fingerprint density at radius 2 is 1.58 bits per heavy atom. The number of imide groups is 2. The molecule has 13 heteroatoms. The highest BCUT2D eigenvalue weighted by atomic mass is 16.5. The summed E-state index contributed by atoms with van der Waals surface area (Å²) in [5, 5.41) is 4.61. The van der Waals surface area contributed by atoms with Crippen molar-refractivity contribution in [3.05, 3.63) is 66.0 Å². The molecule has 250 valence electrons. The van der Waals surface area contributed by atoms with E-state index in [1.165, 1.54) is 39.6 Å². The van der Waals surface area contributed by atoms with Gasteiger partial charge in [0.15, 0.2) is 0 Å². The van der Waals surface area contributed by atoms with Gasteiger partial charge in [-0.05, 0) is 42.8 Å². The number of amides is 4. The summed E-state index contributed by atoms with van der Waals surface area (Å²) in [7, 11) is 2.11. The topological polar surface area (TPSA) is 136 Å². The van der Waals surface area contributed by atoms with Crippen LogP contribution in [-0.4, -0.2) is 115 Å². The standard InChI is InChI=1S/C35H38N6O7/c1-38-29-8-9-36-22-28(29)25-4-2-23(20-31(25)38)40-12-10-39(11-13-40)14-15-46-16-17-47-18-19-48-24-3-5-26-27(21-24)35(45)41(34(26)44)30-6-7-32(42)37-33(30)43/h2-5,8-9,20-22,30H,6-7,10-19H2,1H3,(H,37,42,43). The van der Waals surface area contributed by atoms with Crippen LogP contribution in [0.4, 0.5) is 5.69 Å². The zero-order chi connectivity index (χ0) is 33.2. The predicted octanol–water partition coefficient (Wildman–Crippen LogP) is 2.36. The Morgan fingerprint density at radius 3 is 2.40 bits per heavy atom. The van der Waals surface area contributed by atoms with Crippen LogP contribution in [0.25, 0.3) is 21.8 Å². The van der Waals surface area contributed by atoms with E-state index in [2.05, 4.69) is 56.0 Å². The lowest BCUT2D eigenvalue weighted by atomic mass is 10.0. The van der Waals surface area contributed by atoms with Crippen LogP contribution in [0.5, 0.6) is 5.75 Å². The lowest BCUT2D eigenvalue weighted by Crippen LogP contribution is -2.54. The van der Waals surface area contributed by atoms with Gasteiger partial charge in [0.2, 0.25) is 11.8 Å². The number of hydrogen-bond acceptors (Lipinski definition) is 10. The Kier molecular flexibility index (Phi) is 9.06. The lowest BCUT2D eigenvalue weighted by Gasteiger charge is -2.36. The molecule has 4 aromatic rings. The number of pyridine rings is 1. The minimum atomic E-state index is -0.999.